The van der Waals surface area contributed by atoms with Crippen molar-refractivity contribution in [1.29, 1.82) is 0 Å². The number of aromatic nitrogens is 3. The molecule has 1 aliphatic heterocycles. The maximum Gasteiger partial charge on any atom is 0.273 e. The Morgan fingerprint density at radius 2 is 2.38 bits per heavy atom. The van der Waals surface area contributed by atoms with Gasteiger partial charge in [0.15, 0.2) is 5.69 Å². The summed E-state index contributed by atoms with van der Waals surface area (Å²) in [6.45, 7) is 2.75. The van der Waals surface area contributed by atoms with Crippen LogP contribution in [0.15, 0.2) is 24.4 Å². The number of carbonyl (C=O) groups excluding carboxylic acids is 1. The lowest BCUT2D eigenvalue weighted by molar-refractivity contribution is 0.0935. The SMILES string of the molecule is C[C@H](Cc1ccc2c(c1)CCO2)NC(=O)c1cn(C)nn1. The summed E-state index contributed by atoms with van der Waals surface area (Å²) in [7, 11) is 1.74. The van der Waals surface area contributed by atoms with Gasteiger partial charge in [0.1, 0.15) is 5.75 Å². The molecule has 1 amide bonds. The second-order valence-electron chi connectivity index (χ2n) is 5.40. The van der Waals surface area contributed by atoms with Crippen molar-refractivity contribution in [3.63, 3.8) is 0 Å². The zero-order chi connectivity index (χ0) is 14.8. The Bertz CT molecular complexity index is 665. The Labute approximate surface area is 123 Å². The van der Waals surface area contributed by atoms with Gasteiger partial charge in [-0.25, -0.2) is 0 Å². The number of aryl methyl sites for hydroxylation is 1. The minimum absolute atomic E-state index is 0.0277. The Morgan fingerprint density at radius 3 is 3.14 bits per heavy atom. The van der Waals surface area contributed by atoms with Crippen LogP contribution in [0.2, 0.25) is 0 Å². The molecule has 0 spiro atoms. The highest BCUT2D eigenvalue weighted by molar-refractivity contribution is 5.92. The van der Waals surface area contributed by atoms with E-state index in [1.165, 1.54) is 15.8 Å². The summed E-state index contributed by atoms with van der Waals surface area (Å²) in [5.74, 6) is 0.787. The quantitative estimate of drug-likeness (QED) is 0.914. The molecule has 1 aromatic heterocycles. The molecular formula is C15H18N4O2. The van der Waals surface area contributed by atoms with Crippen LogP contribution in [0.1, 0.15) is 28.5 Å². The normalized spacial score (nSPS) is 14.4. The third kappa shape index (κ3) is 3.04. The average Bonchev–Trinajstić information content (AvgIpc) is 3.06. The number of ether oxygens (including phenoxy) is 1. The predicted molar refractivity (Wildman–Crippen MR) is 77.3 cm³/mol. The fraction of sp³-hybridized carbons (Fsp3) is 0.400. The first-order valence-corrected chi connectivity index (χ1v) is 7.03. The number of carbonyl (C=O) groups is 1. The van der Waals surface area contributed by atoms with Gasteiger partial charge < -0.3 is 10.1 Å². The van der Waals surface area contributed by atoms with Gasteiger partial charge in [-0.3, -0.25) is 9.48 Å². The first kappa shape index (κ1) is 13.6. The summed E-state index contributed by atoms with van der Waals surface area (Å²) in [5, 5.41) is 10.5. The Kier molecular flexibility index (Phi) is 3.60. The van der Waals surface area contributed by atoms with Crippen molar-refractivity contribution in [2.45, 2.75) is 25.8 Å². The molecule has 1 aliphatic rings. The number of benzene rings is 1. The van der Waals surface area contributed by atoms with Gasteiger partial charge in [0.05, 0.1) is 12.8 Å². The van der Waals surface area contributed by atoms with Crippen molar-refractivity contribution in [3.8, 4) is 5.75 Å². The molecule has 0 fully saturated rings. The van der Waals surface area contributed by atoms with E-state index >= 15 is 0 Å². The maximum atomic E-state index is 12.0. The van der Waals surface area contributed by atoms with Crippen molar-refractivity contribution >= 4 is 5.91 Å². The third-order valence-corrected chi connectivity index (χ3v) is 3.51. The first-order chi connectivity index (χ1) is 10.1. The molecule has 6 heteroatoms. The highest BCUT2D eigenvalue weighted by Crippen LogP contribution is 2.26. The van der Waals surface area contributed by atoms with Gasteiger partial charge in [0.25, 0.3) is 5.91 Å². The van der Waals surface area contributed by atoms with Crippen LogP contribution in [0, 0.1) is 0 Å². The molecule has 21 heavy (non-hydrogen) atoms. The topological polar surface area (TPSA) is 69.0 Å². The zero-order valence-electron chi connectivity index (χ0n) is 12.2. The molecule has 2 heterocycles. The molecule has 0 aliphatic carbocycles. The number of rotatable bonds is 4. The summed E-state index contributed by atoms with van der Waals surface area (Å²) in [4.78, 5) is 12.0. The molecular weight excluding hydrogens is 268 g/mol. The molecule has 0 unspecified atom stereocenters. The second kappa shape index (κ2) is 5.55. The van der Waals surface area contributed by atoms with Gasteiger partial charge in [-0.1, -0.05) is 17.3 Å². The third-order valence-electron chi connectivity index (χ3n) is 3.51. The Morgan fingerprint density at radius 1 is 1.52 bits per heavy atom. The van der Waals surface area contributed by atoms with Crippen molar-refractivity contribution in [2.75, 3.05) is 6.61 Å². The predicted octanol–water partition coefficient (Wildman–Crippen LogP) is 1.11. The Hall–Kier alpha value is -2.37. The van der Waals surface area contributed by atoms with E-state index in [-0.39, 0.29) is 11.9 Å². The van der Waals surface area contributed by atoms with Crippen LogP contribution in [-0.4, -0.2) is 33.5 Å². The molecule has 0 bridgehead atoms. The molecule has 2 aromatic rings. The fourth-order valence-corrected chi connectivity index (χ4v) is 2.52. The molecule has 1 aromatic carbocycles. The summed E-state index contributed by atoms with van der Waals surface area (Å²) in [6, 6.07) is 6.25. The molecule has 6 nitrogen and oxygen atoms in total. The monoisotopic (exact) mass is 286 g/mol. The summed E-state index contributed by atoms with van der Waals surface area (Å²) in [6.07, 6.45) is 3.34. The van der Waals surface area contributed by atoms with Crippen LogP contribution < -0.4 is 10.1 Å². The summed E-state index contributed by atoms with van der Waals surface area (Å²) >= 11 is 0. The molecule has 1 N–H and O–H groups in total. The van der Waals surface area contributed by atoms with Gasteiger partial charge in [-0.2, -0.15) is 0 Å². The highest BCUT2D eigenvalue weighted by Gasteiger charge is 2.15. The fourth-order valence-electron chi connectivity index (χ4n) is 2.52. The highest BCUT2D eigenvalue weighted by atomic mass is 16.5. The van der Waals surface area contributed by atoms with E-state index in [1.807, 2.05) is 13.0 Å². The number of hydrogen-bond acceptors (Lipinski definition) is 4. The molecule has 0 saturated carbocycles. The lowest BCUT2D eigenvalue weighted by atomic mass is 10.0. The number of nitrogens with zero attached hydrogens (tertiary/aromatic N) is 3. The minimum atomic E-state index is -0.194. The van der Waals surface area contributed by atoms with E-state index in [4.69, 9.17) is 4.74 Å². The van der Waals surface area contributed by atoms with Gasteiger partial charge in [-0.15, -0.1) is 5.10 Å². The Balaban J connectivity index is 1.61. The molecule has 3 rings (SSSR count). The van der Waals surface area contributed by atoms with E-state index in [1.54, 1.807) is 13.2 Å². The molecule has 0 saturated heterocycles. The van der Waals surface area contributed by atoms with E-state index in [2.05, 4.69) is 27.8 Å². The van der Waals surface area contributed by atoms with Gasteiger partial charge >= 0.3 is 0 Å². The largest absolute Gasteiger partial charge is 0.493 e. The maximum absolute atomic E-state index is 12.0. The smallest absolute Gasteiger partial charge is 0.273 e. The second-order valence-corrected chi connectivity index (χ2v) is 5.40. The minimum Gasteiger partial charge on any atom is -0.493 e. The van der Waals surface area contributed by atoms with Crippen LogP contribution in [0.3, 0.4) is 0 Å². The van der Waals surface area contributed by atoms with Gasteiger partial charge in [0, 0.05) is 19.5 Å². The number of nitrogens with one attached hydrogen (secondary N) is 1. The summed E-state index contributed by atoms with van der Waals surface area (Å²) < 4.78 is 7.01. The lowest BCUT2D eigenvalue weighted by Crippen LogP contribution is -2.34. The summed E-state index contributed by atoms with van der Waals surface area (Å²) in [5.41, 5.74) is 2.79. The van der Waals surface area contributed by atoms with Gasteiger partial charge in [-0.05, 0) is 30.5 Å². The van der Waals surface area contributed by atoms with E-state index in [0.29, 0.717) is 5.69 Å². The number of amides is 1. The molecule has 110 valence electrons. The van der Waals surface area contributed by atoms with Crippen molar-refractivity contribution in [3.05, 3.63) is 41.2 Å². The van der Waals surface area contributed by atoms with Gasteiger partial charge in [0.2, 0.25) is 0 Å². The number of hydrogen-bond donors (Lipinski definition) is 1. The molecule has 0 radical (unpaired) electrons. The van der Waals surface area contributed by atoms with Crippen molar-refractivity contribution in [1.82, 2.24) is 20.3 Å². The van der Waals surface area contributed by atoms with Crippen LogP contribution in [-0.2, 0) is 19.9 Å². The number of fused-ring (bicyclic) bond motifs is 1. The van der Waals surface area contributed by atoms with Crippen LogP contribution in [0.5, 0.6) is 5.75 Å². The van der Waals surface area contributed by atoms with E-state index < -0.39 is 0 Å². The van der Waals surface area contributed by atoms with Crippen LogP contribution >= 0.6 is 0 Å². The standard InChI is InChI=1S/C15H18N4O2/c1-10(16-15(20)13-9-19(2)18-17-13)7-11-3-4-14-12(8-11)5-6-21-14/h3-4,8-10H,5-7H2,1-2H3,(H,16,20)/t10-/m1/s1. The lowest BCUT2D eigenvalue weighted by Gasteiger charge is -2.13. The van der Waals surface area contributed by atoms with Crippen LogP contribution in [0.25, 0.3) is 0 Å². The van der Waals surface area contributed by atoms with Crippen LogP contribution in [0.4, 0.5) is 0 Å². The van der Waals surface area contributed by atoms with Crippen molar-refractivity contribution in [2.24, 2.45) is 7.05 Å². The first-order valence-electron chi connectivity index (χ1n) is 7.03. The molecule has 1 atom stereocenters. The van der Waals surface area contributed by atoms with Crippen molar-refractivity contribution < 1.29 is 9.53 Å². The van der Waals surface area contributed by atoms with E-state index in [9.17, 15) is 4.79 Å². The zero-order valence-corrected chi connectivity index (χ0v) is 12.2. The van der Waals surface area contributed by atoms with E-state index in [0.717, 1.165) is 25.2 Å². The average molecular weight is 286 g/mol.